The van der Waals surface area contributed by atoms with Crippen molar-refractivity contribution >= 4 is 17.5 Å². The molecule has 0 aromatic heterocycles. The zero-order chi connectivity index (χ0) is 14.5. The number of carbonyl (C=O) groups is 2. The van der Waals surface area contributed by atoms with Gasteiger partial charge in [0, 0.05) is 30.6 Å². The molecule has 0 spiro atoms. The van der Waals surface area contributed by atoms with Crippen molar-refractivity contribution in [2.24, 2.45) is 11.7 Å². The zero-order valence-corrected chi connectivity index (χ0v) is 11.7. The van der Waals surface area contributed by atoms with Crippen LogP contribution in [-0.4, -0.2) is 17.9 Å². The van der Waals surface area contributed by atoms with Crippen molar-refractivity contribution in [3.05, 3.63) is 29.8 Å². The molecule has 1 fully saturated rings. The van der Waals surface area contributed by atoms with E-state index in [2.05, 4.69) is 10.6 Å². The molecule has 4 N–H and O–H groups in total. The van der Waals surface area contributed by atoms with E-state index in [1.165, 1.54) is 0 Å². The Morgan fingerprint density at radius 1 is 1.30 bits per heavy atom. The summed E-state index contributed by atoms with van der Waals surface area (Å²) in [5.74, 6) is 0.251. The molecule has 1 aromatic carbocycles. The van der Waals surface area contributed by atoms with Crippen LogP contribution in [0, 0.1) is 5.92 Å². The van der Waals surface area contributed by atoms with Crippen LogP contribution < -0.4 is 16.4 Å². The molecule has 1 saturated carbocycles. The van der Waals surface area contributed by atoms with Gasteiger partial charge in [0.1, 0.15) is 0 Å². The second-order valence-corrected chi connectivity index (χ2v) is 5.42. The quantitative estimate of drug-likeness (QED) is 0.733. The molecule has 1 aliphatic rings. The molecule has 108 valence electrons. The molecule has 0 radical (unpaired) electrons. The molecule has 1 atom stereocenters. The number of nitrogens with one attached hydrogen (secondary N) is 2. The number of nitrogens with two attached hydrogens (primary N) is 1. The second kappa shape index (κ2) is 6.52. The first kappa shape index (κ1) is 14.5. The Hall–Kier alpha value is -1.88. The Kier molecular flexibility index (Phi) is 4.74. The molecule has 2 rings (SSSR count). The van der Waals surface area contributed by atoms with Gasteiger partial charge in [0.05, 0.1) is 0 Å². The van der Waals surface area contributed by atoms with Crippen molar-refractivity contribution in [2.75, 3.05) is 5.32 Å². The number of hydrogen-bond acceptors (Lipinski definition) is 3. The van der Waals surface area contributed by atoms with Crippen LogP contribution in [0.3, 0.4) is 0 Å². The third kappa shape index (κ3) is 4.66. The number of amides is 2. The molecular formula is C15H21N3O2. The van der Waals surface area contributed by atoms with Gasteiger partial charge in [0.2, 0.25) is 11.8 Å². The molecule has 0 saturated heterocycles. The number of carbonyl (C=O) groups excluding carboxylic acids is 2. The fraction of sp³-hybridized carbons (Fsp3) is 0.467. The first-order chi connectivity index (χ1) is 9.54. The van der Waals surface area contributed by atoms with E-state index in [1.807, 2.05) is 24.3 Å². The van der Waals surface area contributed by atoms with Crippen LogP contribution in [0.1, 0.15) is 31.7 Å². The maximum absolute atomic E-state index is 11.6. The lowest BCUT2D eigenvalue weighted by Gasteiger charge is -2.08. The molecule has 5 nitrogen and oxygen atoms in total. The van der Waals surface area contributed by atoms with Crippen molar-refractivity contribution < 1.29 is 9.59 Å². The summed E-state index contributed by atoms with van der Waals surface area (Å²) < 4.78 is 0. The van der Waals surface area contributed by atoms with E-state index in [4.69, 9.17) is 5.73 Å². The summed E-state index contributed by atoms with van der Waals surface area (Å²) in [4.78, 5) is 23.1. The molecule has 0 aliphatic heterocycles. The summed E-state index contributed by atoms with van der Waals surface area (Å²) in [5.41, 5.74) is 7.35. The molecule has 5 heteroatoms. The van der Waals surface area contributed by atoms with Crippen molar-refractivity contribution in [2.45, 2.75) is 38.8 Å². The van der Waals surface area contributed by atoms with Gasteiger partial charge in [0.15, 0.2) is 0 Å². The fourth-order valence-electron chi connectivity index (χ4n) is 1.86. The number of anilines is 1. The molecule has 0 heterocycles. The van der Waals surface area contributed by atoms with Gasteiger partial charge >= 0.3 is 0 Å². The van der Waals surface area contributed by atoms with E-state index in [-0.39, 0.29) is 23.8 Å². The Morgan fingerprint density at radius 2 is 1.95 bits per heavy atom. The number of rotatable bonds is 6. The number of benzene rings is 1. The zero-order valence-electron chi connectivity index (χ0n) is 11.7. The van der Waals surface area contributed by atoms with Gasteiger partial charge < -0.3 is 16.4 Å². The van der Waals surface area contributed by atoms with E-state index in [0.29, 0.717) is 13.0 Å². The van der Waals surface area contributed by atoms with Crippen LogP contribution in [-0.2, 0) is 16.1 Å². The van der Waals surface area contributed by atoms with E-state index in [1.54, 1.807) is 6.92 Å². The summed E-state index contributed by atoms with van der Waals surface area (Å²) >= 11 is 0. The largest absolute Gasteiger partial charge is 0.352 e. The van der Waals surface area contributed by atoms with Gasteiger partial charge in [-0.15, -0.1) is 0 Å². The van der Waals surface area contributed by atoms with E-state index >= 15 is 0 Å². The minimum atomic E-state index is -0.130. The lowest BCUT2D eigenvalue weighted by molar-refractivity contribution is -0.121. The number of hydrogen-bond donors (Lipinski definition) is 3. The maximum Gasteiger partial charge on any atom is 0.227 e. The standard InChI is InChI=1S/C15H21N3O2/c1-10(16)8-14(19)17-9-11-2-6-13(7-3-11)18-15(20)12-4-5-12/h2-3,6-7,10,12H,4-5,8-9,16H2,1H3,(H,17,19)(H,18,20). The molecule has 1 unspecified atom stereocenters. The molecule has 2 amide bonds. The molecule has 0 bridgehead atoms. The van der Waals surface area contributed by atoms with Gasteiger partial charge in [0.25, 0.3) is 0 Å². The summed E-state index contributed by atoms with van der Waals surface area (Å²) in [5, 5.41) is 5.69. The fourth-order valence-corrected chi connectivity index (χ4v) is 1.86. The predicted molar refractivity (Wildman–Crippen MR) is 77.9 cm³/mol. The normalized spacial score (nSPS) is 15.5. The second-order valence-electron chi connectivity index (χ2n) is 5.42. The summed E-state index contributed by atoms with van der Waals surface area (Å²) in [6.45, 7) is 2.28. The highest BCUT2D eigenvalue weighted by Gasteiger charge is 2.29. The molecule has 20 heavy (non-hydrogen) atoms. The Balaban J connectivity index is 1.78. The lowest BCUT2D eigenvalue weighted by Crippen LogP contribution is -2.29. The van der Waals surface area contributed by atoms with Crippen LogP contribution in [0.5, 0.6) is 0 Å². The summed E-state index contributed by atoms with van der Waals surface area (Å²) in [6, 6.07) is 7.37. The third-order valence-electron chi connectivity index (χ3n) is 3.17. The maximum atomic E-state index is 11.6. The average molecular weight is 275 g/mol. The summed E-state index contributed by atoms with van der Waals surface area (Å²) in [6.07, 6.45) is 2.32. The van der Waals surface area contributed by atoms with Crippen LogP contribution in [0.2, 0.25) is 0 Å². The Bertz CT molecular complexity index is 478. The van der Waals surface area contributed by atoms with Gasteiger partial charge in [-0.05, 0) is 37.5 Å². The third-order valence-corrected chi connectivity index (χ3v) is 3.17. The van der Waals surface area contributed by atoms with Gasteiger partial charge in [-0.1, -0.05) is 12.1 Å². The van der Waals surface area contributed by atoms with Crippen LogP contribution >= 0.6 is 0 Å². The molecular weight excluding hydrogens is 254 g/mol. The molecule has 1 aromatic rings. The first-order valence-electron chi connectivity index (χ1n) is 6.96. The Labute approximate surface area is 118 Å². The van der Waals surface area contributed by atoms with Crippen LogP contribution in [0.15, 0.2) is 24.3 Å². The van der Waals surface area contributed by atoms with Gasteiger partial charge in [-0.2, -0.15) is 0 Å². The summed E-state index contributed by atoms with van der Waals surface area (Å²) in [7, 11) is 0. The van der Waals surface area contributed by atoms with Crippen LogP contribution in [0.25, 0.3) is 0 Å². The molecule has 1 aliphatic carbocycles. The van der Waals surface area contributed by atoms with Crippen molar-refractivity contribution in [3.63, 3.8) is 0 Å². The van der Waals surface area contributed by atoms with E-state index < -0.39 is 0 Å². The Morgan fingerprint density at radius 3 is 2.50 bits per heavy atom. The van der Waals surface area contributed by atoms with E-state index in [0.717, 1.165) is 24.1 Å². The first-order valence-corrected chi connectivity index (χ1v) is 6.96. The highest BCUT2D eigenvalue weighted by atomic mass is 16.2. The highest BCUT2D eigenvalue weighted by Crippen LogP contribution is 2.30. The van der Waals surface area contributed by atoms with Gasteiger partial charge in [-0.25, -0.2) is 0 Å². The highest BCUT2D eigenvalue weighted by molar-refractivity contribution is 5.94. The minimum Gasteiger partial charge on any atom is -0.352 e. The minimum absolute atomic E-state index is 0.0499. The van der Waals surface area contributed by atoms with Crippen LogP contribution in [0.4, 0.5) is 5.69 Å². The lowest BCUT2D eigenvalue weighted by atomic mass is 10.2. The van der Waals surface area contributed by atoms with Crippen molar-refractivity contribution in [3.8, 4) is 0 Å². The smallest absolute Gasteiger partial charge is 0.227 e. The van der Waals surface area contributed by atoms with E-state index in [9.17, 15) is 9.59 Å². The topological polar surface area (TPSA) is 84.2 Å². The predicted octanol–water partition coefficient (Wildman–Crippen LogP) is 1.39. The average Bonchev–Trinajstić information content (AvgIpc) is 3.21. The SMILES string of the molecule is CC(N)CC(=O)NCc1ccc(NC(=O)C2CC2)cc1. The van der Waals surface area contributed by atoms with Crippen molar-refractivity contribution in [1.29, 1.82) is 0 Å². The van der Waals surface area contributed by atoms with Crippen molar-refractivity contribution in [1.82, 2.24) is 5.32 Å². The monoisotopic (exact) mass is 275 g/mol. The van der Waals surface area contributed by atoms with Gasteiger partial charge in [-0.3, -0.25) is 9.59 Å².